The molecule has 0 amide bonds. The Morgan fingerprint density at radius 2 is 2.14 bits per heavy atom. The molecule has 0 aliphatic rings. The smallest absolute Gasteiger partial charge is 0.198 e. The lowest BCUT2D eigenvalue weighted by Gasteiger charge is -1.85. The first-order valence-corrected chi connectivity index (χ1v) is 2.76. The topological polar surface area (TPSA) is 17.1 Å². The second-order valence-electron chi connectivity index (χ2n) is 1.60. The molecule has 0 atom stereocenters. The summed E-state index contributed by atoms with van der Waals surface area (Å²) in [5, 5.41) is 0. The van der Waals surface area contributed by atoms with Crippen molar-refractivity contribution in [3.63, 3.8) is 0 Å². The Bertz CT molecular complexity index is 41.4. The van der Waals surface area contributed by atoms with Crippen LogP contribution in [0.2, 0.25) is 0 Å². The zero-order valence-corrected chi connectivity index (χ0v) is 4.74. The SMILES string of the molecule is CCCCC[C]=O. The van der Waals surface area contributed by atoms with Gasteiger partial charge < -0.3 is 0 Å². The minimum absolute atomic E-state index is 0.619. The summed E-state index contributed by atoms with van der Waals surface area (Å²) in [4.78, 5) is 9.55. The van der Waals surface area contributed by atoms with Crippen molar-refractivity contribution in [2.45, 2.75) is 32.6 Å². The molecule has 0 rings (SSSR count). The zero-order valence-electron chi connectivity index (χ0n) is 4.74. The zero-order chi connectivity index (χ0) is 5.54. The van der Waals surface area contributed by atoms with E-state index in [9.17, 15) is 4.79 Å². The van der Waals surface area contributed by atoms with Gasteiger partial charge in [0.25, 0.3) is 0 Å². The standard InChI is InChI=1S/C6H11O/c1-2-3-4-5-6-7/h2-5H2,1H3. The molecule has 0 aromatic carbocycles. The number of hydrogen-bond acceptors (Lipinski definition) is 1. The van der Waals surface area contributed by atoms with Crippen molar-refractivity contribution >= 4 is 6.29 Å². The van der Waals surface area contributed by atoms with Crippen LogP contribution in [0.3, 0.4) is 0 Å². The molecule has 0 N–H and O–H groups in total. The molecule has 0 aromatic rings. The highest BCUT2D eigenvalue weighted by molar-refractivity contribution is 5.50. The summed E-state index contributed by atoms with van der Waals surface area (Å²) < 4.78 is 0. The molecule has 0 heterocycles. The Morgan fingerprint density at radius 1 is 1.43 bits per heavy atom. The van der Waals surface area contributed by atoms with Crippen LogP contribution in [0, 0.1) is 0 Å². The summed E-state index contributed by atoms with van der Waals surface area (Å²) in [6, 6.07) is 0. The predicted molar refractivity (Wildman–Crippen MR) is 29.8 cm³/mol. The van der Waals surface area contributed by atoms with E-state index in [2.05, 4.69) is 6.92 Å². The van der Waals surface area contributed by atoms with E-state index in [1.807, 2.05) is 6.29 Å². The monoisotopic (exact) mass is 99.1 g/mol. The van der Waals surface area contributed by atoms with Gasteiger partial charge in [-0.1, -0.05) is 19.8 Å². The van der Waals surface area contributed by atoms with Crippen LogP contribution in [0.15, 0.2) is 0 Å². The summed E-state index contributed by atoms with van der Waals surface area (Å²) in [5.74, 6) is 0. The van der Waals surface area contributed by atoms with E-state index in [4.69, 9.17) is 0 Å². The average Bonchev–Trinajstić information content (AvgIpc) is 1.69. The number of rotatable bonds is 4. The Balaban J connectivity index is 2.56. The normalized spacial score (nSPS) is 8.71. The van der Waals surface area contributed by atoms with E-state index in [0.717, 1.165) is 12.8 Å². The number of unbranched alkanes of at least 4 members (excludes halogenated alkanes) is 3. The fourth-order valence-electron chi connectivity index (χ4n) is 0.447. The molecule has 0 unspecified atom stereocenters. The van der Waals surface area contributed by atoms with Gasteiger partial charge >= 0.3 is 0 Å². The molecule has 0 saturated carbocycles. The van der Waals surface area contributed by atoms with Gasteiger partial charge in [0.2, 0.25) is 0 Å². The minimum atomic E-state index is 0.619. The molecule has 1 nitrogen and oxygen atoms in total. The Hall–Kier alpha value is -0.330. The van der Waals surface area contributed by atoms with E-state index in [1.165, 1.54) is 6.42 Å². The molecule has 7 heavy (non-hydrogen) atoms. The molecular weight excluding hydrogens is 88.1 g/mol. The third-order valence-corrected chi connectivity index (χ3v) is 0.882. The van der Waals surface area contributed by atoms with Gasteiger partial charge in [0.15, 0.2) is 6.29 Å². The van der Waals surface area contributed by atoms with Gasteiger partial charge in [0, 0.05) is 6.42 Å². The lowest BCUT2D eigenvalue weighted by molar-refractivity contribution is 0.546. The van der Waals surface area contributed by atoms with E-state index < -0.39 is 0 Å². The van der Waals surface area contributed by atoms with E-state index >= 15 is 0 Å². The van der Waals surface area contributed by atoms with Crippen LogP contribution >= 0.6 is 0 Å². The maximum Gasteiger partial charge on any atom is 0.198 e. The van der Waals surface area contributed by atoms with Gasteiger partial charge in [-0.3, -0.25) is 4.79 Å². The van der Waals surface area contributed by atoms with Crippen molar-refractivity contribution in [2.24, 2.45) is 0 Å². The summed E-state index contributed by atoms with van der Waals surface area (Å²) in [5.41, 5.74) is 0. The largest absolute Gasteiger partial charge is 0.291 e. The van der Waals surface area contributed by atoms with Gasteiger partial charge in [0.05, 0.1) is 0 Å². The van der Waals surface area contributed by atoms with Crippen molar-refractivity contribution in [1.29, 1.82) is 0 Å². The third-order valence-electron chi connectivity index (χ3n) is 0.882. The van der Waals surface area contributed by atoms with E-state index in [0.29, 0.717) is 6.42 Å². The molecule has 0 fully saturated rings. The predicted octanol–water partition coefficient (Wildman–Crippen LogP) is 1.68. The minimum Gasteiger partial charge on any atom is -0.291 e. The van der Waals surface area contributed by atoms with Gasteiger partial charge in [-0.2, -0.15) is 0 Å². The van der Waals surface area contributed by atoms with Crippen LogP contribution in [0.25, 0.3) is 0 Å². The van der Waals surface area contributed by atoms with Crippen molar-refractivity contribution in [3.05, 3.63) is 0 Å². The van der Waals surface area contributed by atoms with Crippen LogP contribution in [-0.4, -0.2) is 6.29 Å². The summed E-state index contributed by atoms with van der Waals surface area (Å²) in [6.07, 6.45) is 5.83. The van der Waals surface area contributed by atoms with E-state index in [-0.39, 0.29) is 0 Å². The Kier molecular flexibility index (Phi) is 5.40. The summed E-state index contributed by atoms with van der Waals surface area (Å²) in [6.45, 7) is 2.12. The van der Waals surface area contributed by atoms with Gasteiger partial charge in [-0.05, 0) is 6.42 Å². The lowest BCUT2D eigenvalue weighted by atomic mass is 10.2. The average molecular weight is 99.2 g/mol. The molecule has 0 spiro atoms. The molecule has 1 radical (unpaired) electrons. The van der Waals surface area contributed by atoms with Crippen molar-refractivity contribution < 1.29 is 4.79 Å². The van der Waals surface area contributed by atoms with Crippen molar-refractivity contribution in [3.8, 4) is 0 Å². The first kappa shape index (κ1) is 6.67. The highest BCUT2D eigenvalue weighted by Gasteiger charge is 1.81. The van der Waals surface area contributed by atoms with Crippen LogP contribution in [0.5, 0.6) is 0 Å². The second-order valence-corrected chi connectivity index (χ2v) is 1.60. The second kappa shape index (κ2) is 5.67. The van der Waals surface area contributed by atoms with Crippen LogP contribution in [-0.2, 0) is 4.79 Å². The van der Waals surface area contributed by atoms with Gasteiger partial charge in [-0.15, -0.1) is 0 Å². The molecular formula is C6H11O. The molecule has 0 aromatic heterocycles. The van der Waals surface area contributed by atoms with Crippen molar-refractivity contribution in [2.75, 3.05) is 0 Å². The first-order valence-electron chi connectivity index (χ1n) is 2.76. The van der Waals surface area contributed by atoms with Crippen LogP contribution in [0.1, 0.15) is 32.6 Å². The summed E-state index contributed by atoms with van der Waals surface area (Å²) >= 11 is 0. The third kappa shape index (κ3) is 5.67. The molecule has 0 bridgehead atoms. The van der Waals surface area contributed by atoms with Crippen LogP contribution in [0.4, 0.5) is 0 Å². The highest BCUT2D eigenvalue weighted by atomic mass is 16.1. The van der Waals surface area contributed by atoms with E-state index in [1.54, 1.807) is 0 Å². The Labute approximate surface area is 44.7 Å². The maximum atomic E-state index is 9.55. The first-order chi connectivity index (χ1) is 3.41. The molecule has 1 heteroatoms. The van der Waals surface area contributed by atoms with Crippen LogP contribution < -0.4 is 0 Å². The molecule has 41 valence electrons. The Morgan fingerprint density at radius 3 is 2.57 bits per heavy atom. The molecule has 0 saturated heterocycles. The summed E-state index contributed by atoms with van der Waals surface area (Å²) in [7, 11) is 0. The number of hydrogen-bond donors (Lipinski definition) is 0. The number of carbonyl (C=O) groups excluding carboxylic acids is 1. The lowest BCUT2D eigenvalue weighted by Crippen LogP contribution is -1.73. The highest BCUT2D eigenvalue weighted by Crippen LogP contribution is 1.94. The van der Waals surface area contributed by atoms with Crippen molar-refractivity contribution in [1.82, 2.24) is 0 Å². The quantitative estimate of drug-likeness (QED) is 0.490. The maximum absolute atomic E-state index is 9.55. The molecule has 0 aliphatic heterocycles. The fraction of sp³-hybridized carbons (Fsp3) is 0.833. The van der Waals surface area contributed by atoms with Gasteiger partial charge in [-0.25, -0.2) is 0 Å². The molecule has 0 aliphatic carbocycles. The van der Waals surface area contributed by atoms with Gasteiger partial charge in [0.1, 0.15) is 0 Å². The fourth-order valence-corrected chi connectivity index (χ4v) is 0.447.